The summed E-state index contributed by atoms with van der Waals surface area (Å²) in [5.41, 5.74) is 0. The summed E-state index contributed by atoms with van der Waals surface area (Å²) in [6.07, 6.45) is 0.727. The summed E-state index contributed by atoms with van der Waals surface area (Å²) >= 11 is 0.981. The van der Waals surface area contributed by atoms with Crippen molar-refractivity contribution in [2.75, 3.05) is 24.6 Å². The predicted molar refractivity (Wildman–Crippen MR) is 63.0 cm³/mol. The van der Waals surface area contributed by atoms with Crippen LogP contribution in [0.15, 0.2) is 6.20 Å². The third kappa shape index (κ3) is 2.93. The molecule has 1 aliphatic heterocycles. The Kier molecular flexibility index (Phi) is 3.72. The fraction of sp³-hybridized carbons (Fsp3) is 0.556. The van der Waals surface area contributed by atoms with Gasteiger partial charge in [-0.05, 0) is 11.3 Å². The van der Waals surface area contributed by atoms with E-state index in [0.29, 0.717) is 24.8 Å². The molecule has 0 aliphatic carbocycles. The maximum atomic E-state index is 10.6. The first kappa shape index (κ1) is 12.7. The Morgan fingerprint density at radius 2 is 2.56 bits per heavy atom. The molecule has 1 unspecified atom stereocenters. The van der Waals surface area contributed by atoms with E-state index in [9.17, 15) is 14.9 Å². The van der Waals surface area contributed by atoms with Crippen LogP contribution in [-0.4, -0.2) is 46.8 Å². The Morgan fingerprint density at radius 3 is 3.17 bits per heavy atom. The summed E-state index contributed by atoms with van der Waals surface area (Å²) in [5.74, 6) is -0.924. The summed E-state index contributed by atoms with van der Waals surface area (Å²) < 4.78 is 5.32. The SMILES string of the molecule is O=C(O)CC1CN(c2ncc([N+](=O)[O-])s2)CCO1. The van der Waals surface area contributed by atoms with Gasteiger partial charge in [-0.3, -0.25) is 14.9 Å². The van der Waals surface area contributed by atoms with Crippen LogP contribution < -0.4 is 4.90 Å². The Hall–Kier alpha value is -1.74. The second-order valence-electron chi connectivity index (χ2n) is 3.77. The van der Waals surface area contributed by atoms with Crippen LogP contribution in [0.4, 0.5) is 10.1 Å². The van der Waals surface area contributed by atoms with Gasteiger partial charge < -0.3 is 14.7 Å². The highest BCUT2D eigenvalue weighted by Gasteiger charge is 2.25. The molecule has 8 nitrogen and oxygen atoms in total. The van der Waals surface area contributed by atoms with Crippen molar-refractivity contribution in [3.8, 4) is 0 Å². The molecule has 2 heterocycles. The zero-order valence-electron chi connectivity index (χ0n) is 9.31. The van der Waals surface area contributed by atoms with E-state index in [-0.39, 0.29) is 11.4 Å². The first-order valence-corrected chi connectivity index (χ1v) is 6.06. The van der Waals surface area contributed by atoms with E-state index in [0.717, 1.165) is 11.3 Å². The second kappa shape index (κ2) is 5.27. The number of carboxylic acid groups (broad SMARTS) is 1. The molecular formula is C9H11N3O5S. The molecule has 1 aromatic rings. The van der Waals surface area contributed by atoms with Crippen molar-refractivity contribution in [1.29, 1.82) is 0 Å². The largest absolute Gasteiger partial charge is 0.481 e. The first-order chi connectivity index (χ1) is 8.56. The molecule has 1 saturated heterocycles. The molecule has 2 rings (SSSR count). The third-order valence-electron chi connectivity index (χ3n) is 2.47. The fourth-order valence-electron chi connectivity index (χ4n) is 1.70. The van der Waals surface area contributed by atoms with Crippen LogP contribution in [0.5, 0.6) is 0 Å². The molecule has 1 N–H and O–H groups in total. The molecule has 1 aromatic heterocycles. The third-order valence-corrected chi connectivity index (χ3v) is 3.48. The molecule has 1 atom stereocenters. The summed E-state index contributed by atoms with van der Waals surface area (Å²) in [4.78, 5) is 26.5. The normalized spacial score (nSPS) is 19.8. The fourth-order valence-corrected chi connectivity index (χ4v) is 2.47. The van der Waals surface area contributed by atoms with Gasteiger partial charge in [0.2, 0.25) is 0 Å². The van der Waals surface area contributed by atoms with Crippen LogP contribution in [0, 0.1) is 10.1 Å². The molecule has 0 aromatic carbocycles. The number of aliphatic carboxylic acids is 1. The van der Waals surface area contributed by atoms with Crippen molar-refractivity contribution >= 4 is 27.4 Å². The topological polar surface area (TPSA) is 106 Å². The van der Waals surface area contributed by atoms with E-state index >= 15 is 0 Å². The summed E-state index contributed by atoms with van der Waals surface area (Å²) in [6, 6.07) is 0. The van der Waals surface area contributed by atoms with Crippen molar-refractivity contribution < 1.29 is 19.6 Å². The average Bonchev–Trinajstić information content (AvgIpc) is 2.77. The van der Waals surface area contributed by atoms with Crippen molar-refractivity contribution in [2.24, 2.45) is 0 Å². The second-order valence-corrected chi connectivity index (χ2v) is 4.76. The van der Waals surface area contributed by atoms with Gasteiger partial charge in [-0.25, -0.2) is 4.98 Å². The van der Waals surface area contributed by atoms with Gasteiger partial charge in [-0.2, -0.15) is 0 Å². The van der Waals surface area contributed by atoms with Gasteiger partial charge in [0.1, 0.15) is 6.20 Å². The van der Waals surface area contributed by atoms with Crippen molar-refractivity contribution in [3.63, 3.8) is 0 Å². The standard InChI is InChI=1S/C9H11N3O5S/c13-8(14)3-6-5-11(1-2-17-6)9-10-4-7(18-9)12(15)16/h4,6H,1-3,5H2,(H,13,14). The Morgan fingerprint density at radius 1 is 1.78 bits per heavy atom. The zero-order chi connectivity index (χ0) is 13.1. The lowest BCUT2D eigenvalue weighted by Gasteiger charge is -2.31. The quantitative estimate of drug-likeness (QED) is 0.636. The highest BCUT2D eigenvalue weighted by atomic mass is 32.1. The van der Waals surface area contributed by atoms with Gasteiger partial charge in [0.05, 0.1) is 24.1 Å². The van der Waals surface area contributed by atoms with Crippen molar-refractivity contribution in [3.05, 3.63) is 16.3 Å². The average molecular weight is 273 g/mol. The minimum atomic E-state index is -0.924. The molecule has 98 valence electrons. The number of nitro groups is 1. The van der Waals surface area contributed by atoms with Gasteiger partial charge in [0.15, 0.2) is 5.13 Å². The van der Waals surface area contributed by atoms with Crippen LogP contribution in [0.3, 0.4) is 0 Å². The van der Waals surface area contributed by atoms with Crippen LogP contribution in [0.25, 0.3) is 0 Å². The number of morpholine rings is 1. The lowest BCUT2D eigenvalue weighted by atomic mass is 10.2. The minimum Gasteiger partial charge on any atom is -0.481 e. The zero-order valence-corrected chi connectivity index (χ0v) is 10.1. The molecule has 1 aliphatic rings. The maximum Gasteiger partial charge on any atom is 0.345 e. The van der Waals surface area contributed by atoms with Gasteiger partial charge in [0, 0.05) is 13.1 Å². The van der Waals surface area contributed by atoms with Crippen LogP contribution in [0.1, 0.15) is 6.42 Å². The maximum absolute atomic E-state index is 10.6. The molecule has 0 saturated carbocycles. The van der Waals surface area contributed by atoms with Gasteiger partial charge in [-0.1, -0.05) is 0 Å². The van der Waals surface area contributed by atoms with Crippen LogP contribution in [-0.2, 0) is 9.53 Å². The van der Waals surface area contributed by atoms with Gasteiger partial charge in [-0.15, -0.1) is 0 Å². The lowest BCUT2D eigenvalue weighted by molar-refractivity contribution is -0.380. The number of hydrogen-bond donors (Lipinski definition) is 1. The molecule has 0 spiro atoms. The number of nitrogens with zero attached hydrogens (tertiary/aromatic N) is 3. The van der Waals surface area contributed by atoms with E-state index < -0.39 is 17.0 Å². The van der Waals surface area contributed by atoms with E-state index in [1.54, 1.807) is 0 Å². The lowest BCUT2D eigenvalue weighted by Crippen LogP contribution is -2.43. The minimum absolute atomic E-state index is 0.0220. The number of carbonyl (C=O) groups is 1. The molecule has 9 heteroatoms. The summed E-state index contributed by atoms with van der Waals surface area (Å²) in [5, 5.41) is 19.8. The highest BCUT2D eigenvalue weighted by molar-refractivity contribution is 7.18. The van der Waals surface area contributed by atoms with Crippen LogP contribution in [0.2, 0.25) is 0 Å². The molecular weight excluding hydrogens is 262 g/mol. The molecule has 0 amide bonds. The number of anilines is 1. The van der Waals surface area contributed by atoms with Gasteiger partial charge >= 0.3 is 11.0 Å². The summed E-state index contributed by atoms with van der Waals surface area (Å²) in [7, 11) is 0. The van der Waals surface area contributed by atoms with Crippen molar-refractivity contribution in [2.45, 2.75) is 12.5 Å². The van der Waals surface area contributed by atoms with E-state index in [4.69, 9.17) is 9.84 Å². The summed E-state index contributed by atoms with van der Waals surface area (Å²) in [6.45, 7) is 1.34. The number of hydrogen-bond acceptors (Lipinski definition) is 7. The number of carboxylic acids is 1. The predicted octanol–water partition coefficient (Wildman–Crippen LogP) is 0.731. The number of rotatable bonds is 4. The molecule has 0 bridgehead atoms. The first-order valence-electron chi connectivity index (χ1n) is 5.25. The molecule has 1 fully saturated rings. The van der Waals surface area contributed by atoms with E-state index in [1.807, 2.05) is 4.90 Å². The Balaban J connectivity index is 2.03. The van der Waals surface area contributed by atoms with E-state index in [2.05, 4.69) is 4.98 Å². The molecule has 18 heavy (non-hydrogen) atoms. The number of thiazole rings is 1. The monoisotopic (exact) mass is 273 g/mol. The van der Waals surface area contributed by atoms with Crippen molar-refractivity contribution in [1.82, 2.24) is 4.98 Å². The van der Waals surface area contributed by atoms with Crippen LogP contribution >= 0.6 is 11.3 Å². The molecule has 0 radical (unpaired) electrons. The van der Waals surface area contributed by atoms with E-state index in [1.165, 1.54) is 6.20 Å². The smallest absolute Gasteiger partial charge is 0.345 e. The Labute approximate surface area is 106 Å². The number of ether oxygens (including phenoxy) is 1. The Bertz CT molecular complexity index is 463. The van der Waals surface area contributed by atoms with Gasteiger partial charge in [0.25, 0.3) is 0 Å². The highest BCUT2D eigenvalue weighted by Crippen LogP contribution is 2.29. The number of aromatic nitrogens is 1.